The summed E-state index contributed by atoms with van der Waals surface area (Å²) in [6.07, 6.45) is -0.581. The minimum Gasteiger partial charge on any atom is -0.466 e. The Labute approximate surface area is 185 Å². The van der Waals surface area contributed by atoms with Gasteiger partial charge in [0.2, 0.25) is 17.7 Å². The van der Waals surface area contributed by atoms with Gasteiger partial charge in [-0.05, 0) is 31.5 Å². The summed E-state index contributed by atoms with van der Waals surface area (Å²) in [4.78, 5) is 60.9. The van der Waals surface area contributed by atoms with Crippen LogP contribution in [-0.4, -0.2) is 55.0 Å². The largest absolute Gasteiger partial charge is 0.466 e. The summed E-state index contributed by atoms with van der Waals surface area (Å²) in [5.74, 6) is -6.04. The number of halogens is 1. The molecule has 0 aliphatic rings. The fourth-order valence-corrected chi connectivity index (χ4v) is 2.92. The number of hydrogen-bond acceptors (Lipinski definition) is 7. The van der Waals surface area contributed by atoms with Crippen LogP contribution in [-0.2, 0) is 39.9 Å². The number of carbonyl (C=O) groups is 5. The average molecular weight is 453 g/mol. The minimum atomic E-state index is -1.60. The van der Waals surface area contributed by atoms with E-state index in [2.05, 4.69) is 10.6 Å². The molecule has 0 heterocycles. The molecule has 0 radical (unpaired) electrons. The molecule has 3 atom stereocenters. The fraction of sp³-hybridized carbons (Fsp3) is 0.476. The van der Waals surface area contributed by atoms with Crippen molar-refractivity contribution in [1.29, 1.82) is 0 Å². The van der Waals surface area contributed by atoms with Crippen molar-refractivity contribution in [2.75, 3.05) is 13.2 Å². The molecule has 0 aliphatic heterocycles. The summed E-state index contributed by atoms with van der Waals surface area (Å²) in [5.41, 5.74) is 5.93. The Kier molecular flexibility index (Phi) is 10.8. The summed E-state index contributed by atoms with van der Waals surface area (Å²) in [7, 11) is 0. The van der Waals surface area contributed by atoms with Crippen LogP contribution in [0.5, 0.6) is 0 Å². The van der Waals surface area contributed by atoms with Crippen LogP contribution in [0, 0.1) is 11.7 Å². The van der Waals surface area contributed by atoms with Gasteiger partial charge in [0.05, 0.1) is 25.6 Å². The lowest BCUT2D eigenvalue weighted by molar-refractivity contribution is -0.157. The molecule has 0 aliphatic carbocycles. The second-order valence-corrected chi connectivity index (χ2v) is 6.84. The summed E-state index contributed by atoms with van der Waals surface area (Å²) in [6.45, 7) is 4.31. The van der Waals surface area contributed by atoms with Gasteiger partial charge in [0, 0.05) is 13.3 Å². The first-order valence-electron chi connectivity index (χ1n) is 10.0. The highest BCUT2D eigenvalue weighted by atomic mass is 19.1. The predicted octanol–water partition coefficient (Wildman–Crippen LogP) is -0.0245. The van der Waals surface area contributed by atoms with Crippen molar-refractivity contribution in [3.8, 4) is 0 Å². The SMILES string of the molecule is CCOC(=O)C[C@H](C(=O)OCC)[C@@H](NC(=O)[C@H](Cc1ccc(F)cc1)NC(C)=O)C(N)=O. The van der Waals surface area contributed by atoms with Gasteiger partial charge in [0.25, 0.3) is 0 Å². The third-order valence-electron chi connectivity index (χ3n) is 4.33. The van der Waals surface area contributed by atoms with Crippen LogP contribution in [0.15, 0.2) is 24.3 Å². The Balaban J connectivity index is 3.13. The summed E-state index contributed by atoms with van der Waals surface area (Å²) in [6, 6.07) is 2.50. The number of nitrogens with two attached hydrogens (primary N) is 1. The number of esters is 2. The van der Waals surface area contributed by atoms with Gasteiger partial charge in [-0.2, -0.15) is 0 Å². The highest BCUT2D eigenvalue weighted by Gasteiger charge is 2.38. The molecule has 1 aromatic rings. The number of hydrogen-bond donors (Lipinski definition) is 3. The molecular formula is C21H28FN3O7. The standard InChI is InChI=1S/C21H28FN3O7/c1-4-31-17(27)11-15(21(30)32-5-2)18(19(23)28)25-20(29)16(24-12(3)26)10-13-6-8-14(22)9-7-13/h6-9,15-16,18H,4-5,10-11H2,1-3H3,(H2,23,28)(H,24,26)(H,25,29)/t15-,16-,18+/m0/s1. The molecule has 1 rings (SSSR count). The van der Waals surface area contributed by atoms with E-state index in [1.54, 1.807) is 6.92 Å². The molecular weight excluding hydrogens is 425 g/mol. The molecule has 10 nitrogen and oxygen atoms in total. The van der Waals surface area contributed by atoms with E-state index in [-0.39, 0.29) is 19.6 Å². The van der Waals surface area contributed by atoms with E-state index in [0.717, 1.165) is 0 Å². The number of carbonyl (C=O) groups excluding carboxylic acids is 5. The fourth-order valence-electron chi connectivity index (χ4n) is 2.92. The van der Waals surface area contributed by atoms with Crippen LogP contribution in [0.1, 0.15) is 32.8 Å². The molecule has 0 fully saturated rings. The number of ether oxygens (including phenoxy) is 2. The number of primary amides is 1. The zero-order valence-electron chi connectivity index (χ0n) is 18.2. The zero-order chi connectivity index (χ0) is 24.3. The second kappa shape index (κ2) is 13.0. The lowest BCUT2D eigenvalue weighted by atomic mass is 9.94. The smallest absolute Gasteiger partial charge is 0.312 e. The molecule has 0 bridgehead atoms. The Morgan fingerprint density at radius 1 is 1.00 bits per heavy atom. The van der Waals surface area contributed by atoms with Crippen molar-refractivity contribution in [1.82, 2.24) is 10.6 Å². The number of rotatable bonds is 12. The van der Waals surface area contributed by atoms with Crippen molar-refractivity contribution >= 4 is 29.7 Å². The first kappa shape index (κ1) is 26.5. The van der Waals surface area contributed by atoms with Gasteiger partial charge in [0.15, 0.2) is 0 Å². The van der Waals surface area contributed by atoms with E-state index in [1.807, 2.05) is 0 Å². The molecule has 4 N–H and O–H groups in total. The molecule has 0 spiro atoms. The average Bonchev–Trinajstić information content (AvgIpc) is 2.71. The van der Waals surface area contributed by atoms with Gasteiger partial charge in [0.1, 0.15) is 17.9 Å². The van der Waals surface area contributed by atoms with Crippen LogP contribution in [0.25, 0.3) is 0 Å². The highest BCUT2D eigenvalue weighted by molar-refractivity contribution is 5.95. The topological polar surface area (TPSA) is 154 Å². The second-order valence-electron chi connectivity index (χ2n) is 6.84. The van der Waals surface area contributed by atoms with E-state index >= 15 is 0 Å². The summed E-state index contributed by atoms with van der Waals surface area (Å²) in [5, 5.41) is 4.77. The van der Waals surface area contributed by atoms with Gasteiger partial charge < -0.3 is 25.8 Å². The molecule has 32 heavy (non-hydrogen) atoms. The van der Waals surface area contributed by atoms with Crippen molar-refractivity contribution in [2.24, 2.45) is 11.7 Å². The van der Waals surface area contributed by atoms with Crippen LogP contribution in [0.2, 0.25) is 0 Å². The van der Waals surface area contributed by atoms with E-state index in [0.29, 0.717) is 5.56 Å². The predicted molar refractivity (Wildman–Crippen MR) is 110 cm³/mol. The maximum Gasteiger partial charge on any atom is 0.312 e. The van der Waals surface area contributed by atoms with Gasteiger partial charge in [-0.15, -0.1) is 0 Å². The Bertz CT molecular complexity index is 829. The lowest BCUT2D eigenvalue weighted by Gasteiger charge is -2.26. The molecule has 3 amide bonds. The van der Waals surface area contributed by atoms with Crippen molar-refractivity contribution in [2.45, 2.75) is 45.7 Å². The molecule has 0 aromatic heterocycles. The van der Waals surface area contributed by atoms with Gasteiger partial charge in [-0.3, -0.25) is 24.0 Å². The van der Waals surface area contributed by atoms with Crippen LogP contribution < -0.4 is 16.4 Å². The van der Waals surface area contributed by atoms with Gasteiger partial charge >= 0.3 is 11.9 Å². The molecule has 1 aromatic carbocycles. The molecule has 0 unspecified atom stereocenters. The monoisotopic (exact) mass is 453 g/mol. The maximum atomic E-state index is 13.2. The van der Waals surface area contributed by atoms with E-state index in [4.69, 9.17) is 15.2 Å². The Hall–Kier alpha value is -3.50. The first-order chi connectivity index (χ1) is 15.1. The lowest BCUT2D eigenvalue weighted by Crippen LogP contribution is -2.57. The van der Waals surface area contributed by atoms with Crippen LogP contribution in [0.3, 0.4) is 0 Å². The third kappa shape index (κ3) is 8.70. The Morgan fingerprint density at radius 2 is 1.59 bits per heavy atom. The first-order valence-corrected chi connectivity index (χ1v) is 10.0. The number of nitrogens with one attached hydrogen (secondary N) is 2. The molecule has 176 valence electrons. The number of benzene rings is 1. The van der Waals surface area contributed by atoms with Gasteiger partial charge in [-0.1, -0.05) is 12.1 Å². The van der Waals surface area contributed by atoms with E-state index < -0.39 is 59.9 Å². The molecule has 0 saturated heterocycles. The Morgan fingerprint density at radius 3 is 2.09 bits per heavy atom. The van der Waals surface area contributed by atoms with Crippen molar-refractivity contribution in [3.63, 3.8) is 0 Å². The highest BCUT2D eigenvalue weighted by Crippen LogP contribution is 2.15. The van der Waals surface area contributed by atoms with E-state index in [1.165, 1.54) is 38.1 Å². The molecule has 11 heteroatoms. The molecule has 0 saturated carbocycles. The van der Waals surface area contributed by atoms with Crippen molar-refractivity contribution < 1.29 is 37.8 Å². The van der Waals surface area contributed by atoms with Crippen LogP contribution in [0.4, 0.5) is 4.39 Å². The zero-order valence-corrected chi connectivity index (χ0v) is 18.2. The summed E-state index contributed by atoms with van der Waals surface area (Å²) >= 11 is 0. The summed E-state index contributed by atoms with van der Waals surface area (Å²) < 4.78 is 22.9. The van der Waals surface area contributed by atoms with Crippen molar-refractivity contribution in [3.05, 3.63) is 35.6 Å². The maximum absolute atomic E-state index is 13.2. The van der Waals surface area contributed by atoms with E-state index in [9.17, 15) is 28.4 Å². The number of amides is 3. The minimum absolute atomic E-state index is 0.0286. The van der Waals surface area contributed by atoms with Crippen LogP contribution >= 0.6 is 0 Å². The van der Waals surface area contributed by atoms with Gasteiger partial charge in [-0.25, -0.2) is 4.39 Å². The third-order valence-corrected chi connectivity index (χ3v) is 4.33. The normalized spacial score (nSPS) is 13.2. The quantitative estimate of drug-likeness (QED) is 0.376.